The summed E-state index contributed by atoms with van der Waals surface area (Å²) in [6.07, 6.45) is 4.95. The highest BCUT2D eigenvalue weighted by atomic mass is 32.2. The average Bonchev–Trinajstić information content (AvgIpc) is 3.03. The zero-order valence-electron chi connectivity index (χ0n) is 17.2. The smallest absolute Gasteiger partial charge is 0.308 e. The van der Waals surface area contributed by atoms with E-state index in [4.69, 9.17) is 4.74 Å². The quantitative estimate of drug-likeness (QED) is 0.697. The van der Waals surface area contributed by atoms with E-state index in [0.29, 0.717) is 44.6 Å². The van der Waals surface area contributed by atoms with Crippen molar-refractivity contribution >= 4 is 21.9 Å². The number of benzene rings is 1. The summed E-state index contributed by atoms with van der Waals surface area (Å²) >= 11 is 0. The number of rotatable bonds is 4. The fraction of sp³-hybridized carbons (Fsp3) is 0.619. The van der Waals surface area contributed by atoms with E-state index < -0.39 is 10.0 Å². The first-order chi connectivity index (χ1) is 13.8. The molecule has 0 N–H and O–H groups in total. The van der Waals surface area contributed by atoms with Gasteiger partial charge in [0.25, 0.3) is 5.91 Å². The highest BCUT2D eigenvalue weighted by molar-refractivity contribution is 7.89. The molecule has 2 saturated heterocycles. The Balaban J connectivity index is 1.78. The SMILES string of the molecule is COC(=O)C1CCN(C(=O)c2cc(S(=O)(=O)N3CCCCCC3)ccc2C)CC1. The Labute approximate surface area is 173 Å². The van der Waals surface area contributed by atoms with E-state index in [-0.39, 0.29) is 22.7 Å². The summed E-state index contributed by atoms with van der Waals surface area (Å²) in [5.41, 5.74) is 1.16. The van der Waals surface area contributed by atoms with E-state index in [9.17, 15) is 18.0 Å². The zero-order chi connectivity index (χ0) is 21.0. The van der Waals surface area contributed by atoms with Crippen molar-refractivity contribution in [2.75, 3.05) is 33.3 Å². The van der Waals surface area contributed by atoms with Crippen LogP contribution in [-0.4, -0.2) is 62.8 Å². The number of hydrogen-bond donors (Lipinski definition) is 0. The zero-order valence-corrected chi connectivity index (χ0v) is 18.0. The van der Waals surface area contributed by atoms with Crippen LogP contribution in [0.2, 0.25) is 0 Å². The lowest BCUT2D eigenvalue weighted by Crippen LogP contribution is -2.40. The lowest BCUT2D eigenvalue weighted by atomic mass is 9.96. The summed E-state index contributed by atoms with van der Waals surface area (Å²) in [4.78, 5) is 26.7. The molecule has 0 atom stereocenters. The third kappa shape index (κ3) is 4.80. The van der Waals surface area contributed by atoms with Crippen LogP contribution in [0.15, 0.2) is 23.1 Å². The Morgan fingerprint density at radius 3 is 2.21 bits per heavy atom. The van der Waals surface area contributed by atoms with Crippen LogP contribution in [0.5, 0.6) is 0 Å². The van der Waals surface area contributed by atoms with Gasteiger partial charge in [0.1, 0.15) is 0 Å². The fourth-order valence-electron chi connectivity index (χ4n) is 4.08. The molecule has 3 rings (SSSR count). The van der Waals surface area contributed by atoms with Gasteiger partial charge in [-0.1, -0.05) is 18.9 Å². The van der Waals surface area contributed by atoms with Gasteiger partial charge >= 0.3 is 5.97 Å². The molecule has 0 spiro atoms. The minimum absolute atomic E-state index is 0.179. The summed E-state index contributed by atoms with van der Waals surface area (Å²) in [6.45, 7) is 3.79. The van der Waals surface area contributed by atoms with Crippen LogP contribution in [-0.2, 0) is 19.6 Å². The maximum Gasteiger partial charge on any atom is 0.308 e. The molecule has 2 fully saturated rings. The van der Waals surface area contributed by atoms with E-state index in [1.807, 2.05) is 6.92 Å². The first kappa shape index (κ1) is 21.8. The van der Waals surface area contributed by atoms with Gasteiger partial charge in [-0.3, -0.25) is 9.59 Å². The second kappa shape index (κ2) is 9.26. The number of sulfonamides is 1. The molecule has 2 aliphatic heterocycles. The molecule has 7 nitrogen and oxygen atoms in total. The molecule has 1 aromatic rings. The summed E-state index contributed by atoms with van der Waals surface area (Å²) in [5, 5.41) is 0. The fourth-order valence-corrected chi connectivity index (χ4v) is 5.62. The minimum atomic E-state index is -3.61. The number of nitrogens with zero attached hydrogens (tertiary/aromatic N) is 2. The van der Waals surface area contributed by atoms with Gasteiger partial charge in [-0.25, -0.2) is 8.42 Å². The minimum Gasteiger partial charge on any atom is -0.469 e. The van der Waals surface area contributed by atoms with Crippen molar-refractivity contribution < 1.29 is 22.7 Å². The number of esters is 1. The van der Waals surface area contributed by atoms with Crippen LogP contribution < -0.4 is 0 Å². The number of hydrogen-bond acceptors (Lipinski definition) is 5. The topological polar surface area (TPSA) is 84.0 Å². The molecule has 8 heteroatoms. The summed E-state index contributed by atoms with van der Waals surface area (Å²) in [6, 6.07) is 4.82. The molecule has 0 unspecified atom stereocenters. The molecule has 1 aromatic carbocycles. The molecule has 0 radical (unpaired) electrons. The number of likely N-dealkylation sites (tertiary alicyclic amines) is 1. The number of ether oxygens (including phenoxy) is 1. The maximum atomic E-state index is 13.1. The van der Waals surface area contributed by atoms with Crippen molar-refractivity contribution in [3.63, 3.8) is 0 Å². The van der Waals surface area contributed by atoms with Crippen LogP contribution in [0.3, 0.4) is 0 Å². The lowest BCUT2D eigenvalue weighted by Gasteiger charge is -2.31. The molecule has 2 aliphatic rings. The van der Waals surface area contributed by atoms with Crippen molar-refractivity contribution in [2.24, 2.45) is 5.92 Å². The van der Waals surface area contributed by atoms with Crippen molar-refractivity contribution in [2.45, 2.75) is 50.3 Å². The first-order valence-electron chi connectivity index (χ1n) is 10.3. The largest absolute Gasteiger partial charge is 0.469 e. The Kier molecular flexibility index (Phi) is 6.95. The molecular weight excluding hydrogens is 392 g/mol. The third-order valence-corrected chi connectivity index (χ3v) is 7.85. The highest BCUT2D eigenvalue weighted by Gasteiger charge is 2.30. The Morgan fingerprint density at radius 2 is 1.62 bits per heavy atom. The van der Waals surface area contributed by atoms with E-state index in [2.05, 4.69) is 0 Å². The van der Waals surface area contributed by atoms with Gasteiger partial charge < -0.3 is 9.64 Å². The molecule has 0 bridgehead atoms. The monoisotopic (exact) mass is 422 g/mol. The molecule has 0 aromatic heterocycles. The summed E-state index contributed by atoms with van der Waals surface area (Å²) in [5.74, 6) is -0.600. The van der Waals surface area contributed by atoms with Crippen LogP contribution >= 0.6 is 0 Å². The molecule has 1 amide bonds. The van der Waals surface area contributed by atoms with Crippen molar-refractivity contribution in [3.05, 3.63) is 29.3 Å². The average molecular weight is 423 g/mol. The van der Waals surface area contributed by atoms with Crippen LogP contribution in [0, 0.1) is 12.8 Å². The van der Waals surface area contributed by atoms with E-state index >= 15 is 0 Å². The number of piperidine rings is 1. The van der Waals surface area contributed by atoms with Crippen molar-refractivity contribution in [3.8, 4) is 0 Å². The van der Waals surface area contributed by atoms with E-state index in [1.165, 1.54) is 13.2 Å². The van der Waals surface area contributed by atoms with Gasteiger partial charge in [-0.2, -0.15) is 4.31 Å². The van der Waals surface area contributed by atoms with Gasteiger partial charge in [0, 0.05) is 31.7 Å². The van der Waals surface area contributed by atoms with Crippen LogP contribution in [0.25, 0.3) is 0 Å². The third-order valence-electron chi connectivity index (χ3n) is 5.96. The van der Waals surface area contributed by atoms with Gasteiger partial charge in [0.05, 0.1) is 17.9 Å². The maximum absolute atomic E-state index is 13.1. The normalized spacial score (nSPS) is 19.6. The Bertz CT molecular complexity index is 852. The van der Waals surface area contributed by atoms with Gasteiger partial charge in [-0.15, -0.1) is 0 Å². The number of aryl methyl sites for hydroxylation is 1. The number of carbonyl (C=O) groups is 2. The Hall–Kier alpha value is -1.93. The molecule has 0 aliphatic carbocycles. The van der Waals surface area contributed by atoms with Gasteiger partial charge in [-0.05, 0) is 50.3 Å². The van der Waals surface area contributed by atoms with Gasteiger partial charge in [0.2, 0.25) is 10.0 Å². The highest BCUT2D eigenvalue weighted by Crippen LogP contribution is 2.25. The molecule has 160 valence electrons. The van der Waals surface area contributed by atoms with Crippen LogP contribution in [0.1, 0.15) is 54.4 Å². The predicted molar refractivity (Wildman–Crippen MR) is 109 cm³/mol. The standard InChI is InChI=1S/C21H30N2O5S/c1-16-7-8-18(29(26,27)23-11-5-3-4-6-12-23)15-19(16)20(24)22-13-9-17(10-14-22)21(25)28-2/h7-8,15,17H,3-6,9-14H2,1-2H3. The number of methoxy groups -OCH3 is 1. The van der Waals surface area contributed by atoms with Gasteiger partial charge in [0.15, 0.2) is 0 Å². The molecule has 0 saturated carbocycles. The summed E-state index contributed by atoms with van der Waals surface area (Å²) < 4.78 is 32.5. The molecular formula is C21H30N2O5S. The first-order valence-corrected chi connectivity index (χ1v) is 11.8. The Morgan fingerprint density at radius 1 is 1.00 bits per heavy atom. The summed E-state index contributed by atoms with van der Waals surface area (Å²) in [7, 11) is -2.24. The number of amides is 1. The van der Waals surface area contributed by atoms with E-state index in [1.54, 1.807) is 21.3 Å². The predicted octanol–water partition coefficient (Wildman–Crippen LogP) is 2.58. The second-order valence-corrected chi connectivity index (χ2v) is 9.82. The second-order valence-electron chi connectivity index (χ2n) is 7.88. The number of carbonyl (C=O) groups excluding carboxylic acids is 2. The van der Waals surface area contributed by atoms with E-state index in [0.717, 1.165) is 31.2 Å². The van der Waals surface area contributed by atoms with Crippen LogP contribution in [0.4, 0.5) is 0 Å². The molecule has 29 heavy (non-hydrogen) atoms. The lowest BCUT2D eigenvalue weighted by molar-refractivity contribution is -0.146. The molecule has 2 heterocycles. The van der Waals surface area contributed by atoms with Crippen molar-refractivity contribution in [1.29, 1.82) is 0 Å². The van der Waals surface area contributed by atoms with Crippen molar-refractivity contribution in [1.82, 2.24) is 9.21 Å².